The Morgan fingerprint density at radius 1 is 1.24 bits per heavy atom. The summed E-state index contributed by atoms with van der Waals surface area (Å²) in [4.78, 5) is 22.5. The monoisotopic (exact) mass is 300 g/mol. The van der Waals surface area contributed by atoms with E-state index in [1.165, 1.54) is 0 Å². The Bertz CT molecular complexity index is 327. The number of nitrogens with one attached hydrogen (secondary N) is 1. The second-order valence-corrected chi connectivity index (χ2v) is 7.09. The molecule has 0 aliphatic carbocycles. The van der Waals surface area contributed by atoms with Crippen molar-refractivity contribution in [3.05, 3.63) is 0 Å². The maximum atomic E-state index is 11.9. The number of hydrogen-bond acceptors (Lipinski definition) is 3. The van der Waals surface area contributed by atoms with Gasteiger partial charge in [-0.05, 0) is 43.1 Å². The lowest BCUT2D eigenvalue weighted by Gasteiger charge is -2.24. The Kier molecular flexibility index (Phi) is 9.26. The van der Waals surface area contributed by atoms with Gasteiger partial charge in [0.1, 0.15) is 0 Å². The molecule has 124 valence electrons. The highest BCUT2D eigenvalue weighted by atomic mass is 16.4. The Hall–Kier alpha value is -1.10. The Labute approximate surface area is 128 Å². The fourth-order valence-corrected chi connectivity index (χ4v) is 2.37. The van der Waals surface area contributed by atoms with E-state index in [9.17, 15) is 9.59 Å². The fourth-order valence-electron chi connectivity index (χ4n) is 2.37. The predicted molar refractivity (Wildman–Crippen MR) is 84.9 cm³/mol. The topological polar surface area (TPSA) is 92.4 Å². The molecule has 0 heterocycles. The molecule has 21 heavy (non-hydrogen) atoms. The maximum Gasteiger partial charge on any atom is 0.303 e. The lowest BCUT2D eigenvalue weighted by molar-refractivity contribution is -0.137. The van der Waals surface area contributed by atoms with Crippen molar-refractivity contribution in [1.29, 1.82) is 0 Å². The number of carboxylic acids is 1. The number of aliphatic carboxylic acids is 1. The van der Waals surface area contributed by atoms with Crippen LogP contribution in [0.5, 0.6) is 0 Å². The molecule has 0 radical (unpaired) electrons. The summed E-state index contributed by atoms with van der Waals surface area (Å²) >= 11 is 0. The summed E-state index contributed by atoms with van der Waals surface area (Å²) in [5.41, 5.74) is 5.63. The molecule has 0 spiro atoms. The van der Waals surface area contributed by atoms with Crippen LogP contribution in [-0.2, 0) is 9.59 Å². The van der Waals surface area contributed by atoms with Crippen LogP contribution in [0.3, 0.4) is 0 Å². The van der Waals surface area contributed by atoms with Crippen LogP contribution < -0.4 is 11.1 Å². The Morgan fingerprint density at radius 2 is 1.86 bits per heavy atom. The minimum Gasteiger partial charge on any atom is -0.481 e. The number of carbonyl (C=O) groups excluding carboxylic acids is 1. The van der Waals surface area contributed by atoms with Gasteiger partial charge in [-0.25, -0.2) is 0 Å². The van der Waals surface area contributed by atoms with Gasteiger partial charge < -0.3 is 16.2 Å². The number of carbonyl (C=O) groups is 2. The molecular weight excluding hydrogens is 268 g/mol. The number of rotatable bonds is 11. The van der Waals surface area contributed by atoms with Crippen LogP contribution in [0.1, 0.15) is 59.8 Å². The number of amides is 1. The van der Waals surface area contributed by atoms with Crippen molar-refractivity contribution in [3.63, 3.8) is 0 Å². The van der Waals surface area contributed by atoms with Crippen molar-refractivity contribution in [2.75, 3.05) is 13.1 Å². The summed E-state index contributed by atoms with van der Waals surface area (Å²) < 4.78 is 0. The molecule has 0 aromatic heterocycles. The zero-order chi connectivity index (χ0) is 16.5. The average molecular weight is 300 g/mol. The second-order valence-electron chi connectivity index (χ2n) is 7.09. The van der Waals surface area contributed by atoms with E-state index in [0.29, 0.717) is 31.8 Å². The molecule has 0 aromatic carbocycles. The summed E-state index contributed by atoms with van der Waals surface area (Å²) in [5, 5.41) is 11.6. The Balaban J connectivity index is 3.99. The molecular formula is C16H32N2O3. The third kappa shape index (κ3) is 11.3. The van der Waals surface area contributed by atoms with E-state index in [4.69, 9.17) is 10.8 Å². The lowest BCUT2D eigenvalue weighted by Crippen LogP contribution is -2.31. The molecule has 5 nitrogen and oxygen atoms in total. The van der Waals surface area contributed by atoms with Crippen LogP contribution in [0.2, 0.25) is 0 Å². The van der Waals surface area contributed by atoms with Gasteiger partial charge in [0.25, 0.3) is 0 Å². The van der Waals surface area contributed by atoms with Gasteiger partial charge in [0.05, 0.1) is 0 Å². The predicted octanol–water partition coefficient (Wildman–Crippen LogP) is 2.39. The Morgan fingerprint density at radius 3 is 2.33 bits per heavy atom. The minimum atomic E-state index is -0.772. The van der Waals surface area contributed by atoms with Crippen LogP contribution >= 0.6 is 0 Å². The molecule has 1 unspecified atom stereocenters. The van der Waals surface area contributed by atoms with Gasteiger partial charge in [0.15, 0.2) is 0 Å². The molecule has 0 aliphatic heterocycles. The highest BCUT2D eigenvalue weighted by molar-refractivity contribution is 5.76. The van der Waals surface area contributed by atoms with Gasteiger partial charge in [-0.3, -0.25) is 9.59 Å². The van der Waals surface area contributed by atoms with Crippen LogP contribution in [0.25, 0.3) is 0 Å². The molecule has 0 aliphatic rings. The first kappa shape index (κ1) is 19.9. The van der Waals surface area contributed by atoms with Crippen molar-refractivity contribution < 1.29 is 14.7 Å². The van der Waals surface area contributed by atoms with E-state index in [1.807, 2.05) is 13.8 Å². The molecule has 1 atom stereocenters. The van der Waals surface area contributed by atoms with Gasteiger partial charge in [-0.1, -0.05) is 27.7 Å². The van der Waals surface area contributed by atoms with Gasteiger partial charge in [-0.15, -0.1) is 0 Å². The van der Waals surface area contributed by atoms with Crippen LogP contribution in [0, 0.1) is 17.3 Å². The number of hydrogen-bond donors (Lipinski definition) is 3. The standard InChI is InChI=1S/C16H32N2O3/c1-12(2)9-13(11-17)10-14(19)18-8-7-16(3,4)6-5-15(20)21/h12-13H,5-11,17H2,1-4H3,(H,18,19)(H,20,21). The zero-order valence-electron chi connectivity index (χ0n) is 13.9. The van der Waals surface area contributed by atoms with Gasteiger partial charge in [-0.2, -0.15) is 0 Å². The third-order valence-corrected chi connectivity index (χ3v) is 3.75. The second kappa shape index (κ2) is 9.77. The van der Waals surface area contributed by atoms with Crippen molar-refractivity contribution in [2.24, 2.45) is 23.0 Å². The van der Waals surface area contributed by atoms with E-state index in [0.717, 1.165) is 12.8 Å². The fraction of sp³-hybridized carbons (Fsp3) is 0.875. The van der Waals surface area contributed by atoms with Crippen LogP contribution in [-0.4, -0.2) is 30.1 Å². The first-order valence-electron chi connectivity index (χ1n) is 7.85. The number of nitrogens with two attached hydrogens (primary N) is 1. The van der Waals surface area contributed by atoms with E-state index >= 15 is 0 Å². The van der Waals surface area contributed by atoms with E-state index in [-0.39, 0.29) is 23.7 Å². The average Bonchev–Trinajstić information content (AvgIpc) is 2.35. The lowest BCUT2D eigenvalue weighted by atomic mass is 9.84. The highest BCUT2D eigenvalue weighted by Crippen LogP contribution is 2.26. The van der Waals surface area contributed by atoms with Crippen molar-refractivity contribution >= 4 is 11.9 Å². The van der Waals surface area contributed by atoms with Crippen molar-refractivity contribution in [3.8, 4) is 0 Å². The van der Waals surface area contributed by atoms with Gasteiger partial charge in [0, 0.05) is 19.4 Å². The zero-order valence-corrected chi connectivity index (χ0v) is 13.9. The summed E-state index contributed by atoms with van der Waals surface area (Å²) in [6.45, 7) is 9.45. The molecule has 0 rings (SSSR count). The van der Waals surface area contributed by atoms with E-state index in [2.05, 4.69) is 19.2 Å². The molecule has 0 aromatic rings. The first-order chi connectivity index (χ1) is 9.66. The van der Waals surface area contributed by atoms with Crippen molar-refractivity contribution in [1.82, 2.24) is 5.32 Å². The number of carboxylic acid groups (broad SMARTS) is 1. The third-order valence-electron chi connectivity index (χ3n) is 3.75. The van der Waals surface area contributed by atoms with E-state index in [1.54, 1.807) is 0 Å². The molecule has 5 heteroatoms. The quantitative estimate of drug-likeness (QED) is 0.546. The SMILES string of the molecule is CC(C)CC(CN)CC(=O)NCCC(C)(C)CCC(=O)O. The maximum absolute atomic E-state index is 11.9. The van der Waals surface area contributed by atoms with Crippen LogP contribution in [0.4, 0.5) is 0 Å². The van der Waals surface area contributed by atoms with Crippen LogP contribution in [0.15, 0.2) is 0 Å². The summed E-state index contributed by atoms with van der Waals surface area (Å²) in [7, 11) is 0. The highest BCUT2D eigenvalue weighted by Gasteiger charge is 2.20. The molecule has 0 saturated heterocycles. The van der Waals surface area contributed by atoms with Crippen molar-refractivity contribution in [2.45, 2.75) is 59.8 Å². The molecule has 4 N–H and O–H groups in total. The van der Waals surface area contributed by atoms with E-state index < -0.39 is 5.97 Å². The van der Waals surface area contributed by atoms with Gasteiger partial charge in [0.2, 0.25) is 5.91 Å². The minimum absolute atomic E-state index is 0.0418. The molecule has 1 amide bonds. The molecule has 0 bridgehead atoms. The normalized spacial score (nSPS) is 13.2. The summed E-state index contributed by atoms with van der Waals surface area (Å²) in [5.74, 6) is 0.0537. The summed E-state index contributed by atoms with van der Waals surface area (Å²) in [6.07, 6.45) is 3.02. The molecule has 0 saturated carbocycles. The summed E-state index contributed by atoms with van der Waals surface area (Å²) in [6, 6.07) is 0. The smallest absolute Gasteiger partial charge is 0.303 e. The molecule has 0 fully saturated rings. The first-order valence-corrected chi connectivity index (χ1v) is 7.85. The van der Waals surface area contributed by atoms with Gasteiger partial charge >= 0.3 is 5.97 Å². The largest absolute Gasteiger partial charge is 0.481 e.